The van der Waals surface area contributed by atoms with E-state index in [1.165, 1.54) is 26.0 Å². The molecule has 0 atom stereocenters. The molecule has 3 rings (SSSR count). The van der Waals surface area contributed by atoms with Gasteiger partial charge in [0.25, 0.3) is 0 Å². The van der Waals surface area contributed by atoms with Gasteiger partial charge in [0.2, 0.25) is 0 Å². The monoisotopic (exact) mass is 533 g/mol. The number of carbonyl (C=O) groups is 1. The number of ketones is 1. The standard InChI is InChI=1S/C15H8F2N.C5H8O2.Ir/c16-12-7-11(8-13(17)9-12)14-5-1-3-10-4-2-6-18-15(10)14;1-4(6)3-5(2)7;/h1-7,9H;3,6H,1-2H3;/q-1;;/b;4-3-;. The smallest absolute Gasteiger partial charge is 0.155 e. The summed E-state index contributed by atoms with van der Waals surface area (Å²) in [6, 6.07) is 13.8. The third-order valence-corrected chi connectivity index (χ3v) is 3.14. The van der Waals surface area contributed by atoms with Crippen molar-refractivity contribution in [1.82, 2.24) is 4.98 Å². The van der Waals surface area contributed by atoms with Gasteiger partial charge in [-0.05, 0) is 25.3 Å². The molecule has 2 aromatic carbocycles. The third kappa shape index (κ3) is 6.13. The molecule has 6 heteroatoms. The first-order chi connectivity index (χ1) is 11.9. The van der Waals surface area contributed by atoms with Crippen LogP contribution >= 0.6 is 0 Å². The number of carbonyl (C=O) groups excluding carboxylic acids is 1. The molecule has 0 bridgehead atoms. The topological polar surface area (TPSA) is 50.2 Å². The molecule has 0 aliphatic carbocycles. The molecule has 0 saturated carbocycles. The number of allylic oxidation sites excluding steroid dienone is 2. The molecule has 0 spiro atoms. The van der Waals surface area contributed by atoms with Crippen LogP contribution in [0.3, 0.4) is 0 Å². The zero-order valence-electron chi connectivity index (χ0n) is 14.1. The van der Waals surface area contributed by atoms with E-state index >= 15 is 0 Å². The van der Waals surface area contributed by atoms with Crippen LogP contribution in [0.5, 0.6) is 0 Å². The zero-order chi connectivity index (χ0) is 18.4. The van der Waals surface area contributed by atoms with E-state index < -0.39 is 11.6 Å². The number of hydrogen-bond donors (Lipinski definition) is 1. The van der Waals surface area contributed by atoms with Gasteiger partial charge in [0.05, 0.1) is 5.76 Å². The molecule has 0 aliphatic heterocycles. The molecule has 1 aromatic heterocycles. The molecule has 1 heterocycles. The Morgan fingerprint density at radius 3 is 2.42 bits per heavy atom. The minimum absolute atomic E-state index is 0. The molecule has 0 fully saturated rings. The number of aliphatic hydroxyl groups is 1. The van der Waals surface area contributed by atoms with Crippen LogP contribution in [0, 0.1) is 17.7 Å². The first-order valence-electron chi connectivity index (χ1n) is 7.47. The largest absolute Gasteiger partial charge is 0.512 e. The fraction of sp³-hybridized carbons (Fsp3) is 0.100. The summed E-state index contributed by atoms with van der Waals surface area (Å²) >= 11 is 0. The van der Waals surface area contributed by atoms with E-state index in [1.807, 2.05) is 24.3 Å². The first kappa shape index (κ1) is 21.6. The number of para-hydroxylation sites is 1. The molecule has 137 valence electrons. The maximum absolute atomic E-state index is 13.2. The van der Waals surface area contributed by atoms with Gasteiger partial charge in [0.15, 0.2) is 5.78 Å². The maximum Gasteiger partial charge on any atom is 0.155 e. The van der Waals surface area contributed by atoms with Crippen LogP contribution in [0.4, 0.5) is 8.78 Å². The molecule has 1 N–H and O–H groups in total. The Balaban J connectivity index is 0.000000366. The van der Waals surface area contributed by atoms with Crippen LogP contribution in [0.2, 0.25) is 0 Å². The number of nitrogens with zero attached hydrogens (tertiary/aromatic N) is 1. The summed E-state index contributed by atoms with van der Waals surface area (Å²) in [5.74, 6) is -1.39. The first-order valence-corrected chi connectivity index (χ1v) is 7.47. The Bertz CT molecular complexity index is 912. The van der Waals surface area contributed by atoms with Crippen molar-refractivity contribution in [2.24, 2.45) is 0 Å². The number of rotatable bonds is 2. The number of halogens is 2. The number of aromatic nitrogens is 1. The Labute approximate surface area is 163 Å². The normalized spacial score (nSPS) is 10.5. The molecular formula is C20H16F2IrNO2-. The summed E-state index contributed by atoms with van der Waals surface area (Å²) in [4.78, 5) is 14.3. The molecule has 26 heavy (non-hydrogen) atoms. The molecule has 0 amide bonds. The molecule has 0 aliphatic rings. The second kappa shape index (κ2) is 9.90. The van der Waals surface area contributed by atoms with Gasteiger partial charge in [-0.1, -0.05) is 35.9 Å². The van der Waals surface area contributed by atoms with Crippen LogP contribution in [0.15, 0.2) is 60.5 Å². The van der Waals surface area contributed by atoms with Crippen molar-refractivity contribution in [1.29, 1.82) is 0 Å². The van der Waals surface area contributed by atoms with Gasteiger partial charge in [-0.25, -0.2) is 8.78 Å². The van der Waals surface area contributed by atoms with Crippen molar-refractivity contribution in [3.05, 3.63) is 78.2 Å². The van der Waals surface area contributed by atoms with Gasteiger partial charge < -0.3 is 5.11 Å². The van der Waals surface area contributed by atoms with Crippen molar-refractivity contribution in [2.75, 3.05) is 0 Å². The van der Waals surface area contributed by atoms with Gasteiger partial charge in [-0.3, -0.25) is 9.78 Å². The van der Waals surface area contributed by atoms with E-state index in [9.17, 15) is 13.6 Å². The minimum Gasteiger partial charge on any atom is -0.512 e. The molecule has 0 unspecified atom stereocenters. The van der Waals surface area contributed by atoms with Crippen LogP contribution in [0.1, 0.15) is 13.8 Å². The van der Waals surface area contributed by atoms with Crippen LogP contribution < -0.4 is 0 Å². The summed E-state index contributed by atoms with van der Waals surface area (Å²) in [7, 11) is 0. The predicted octanol–water partition coefficient (Wildman–Crippen LogP) is 5.01. The average molecular weight is 533 g/mol. The van der Waals surface area contributed by atoms with Crippen molar-refractivity contribution < 1.29 is 38.8 Å². The van der Waals surface area contributed by atoms with Crippen molar-refractivity contribution in [3.63, 3.8) is 0 Å². The quantitative estimate of drug-likeness (QED) is 0.287. The Kier molecular flexibility index (Phi) is 8.23. The number of hydrogen-bond acceptors (Lipinski definition) is 3. The fourth-order valence-corrected chi connectivity index (χ4v) is 2.26. The summed E-state index contributed by atoms with van der Waals surface area (Å²) in [5, 5.41) is 9.29. The summed E-state index contributed by atoms with van der Waals surface area (Å²) in [6.07, 6.45) is 2.82. The molecule has 3 nitrogen and oxygen atoms in total. The van der Waals surface area contributed by atoms with Crippen LogP contribution in [0.25, 0.3) is 22.0 Å². The number of pyridine rings is 1. The van der Waals surface area contributed by atoms with Gasteiger partial charge in [0, 0.05) is 49.5 Å². The Hall–Kier alpha value is -2.43. The summed E-state index contributed by atoms with van der Waals surface area (Å²) in [5.41, 5.74) is 1.75. The SMILES string of the molecule is CC(=O)/C=C(/C)O.Fc1[c-]c(-c2cccc3cccnc23)cc(F)c1.[Ir]. The number of benzene rings is 2. The fourth-order valence-electron chi connectivity index (χ4n) is 2.26. The maximum atomic E-state index is 13.2. The van der Waals surface area contributed by atoms with E-state index in [-0.39, 0.29) is 31.6 Å². The van der Waals surface area contributed by atoms with E-state index in [4.69, 9.17) is 5.11 Å². The van der Waals surface area contributed by atoms with Crippen LogP contribution in [-0.4, -0.2) is 15.9 Å². The van der Waals surface area contributed by atoms with E-state index in [0.29, 0.717) is 16.6 Å². The van der Waals surface area contributed by atoms with E-state index in [1.54, 1.807) is 12.3 Å². The van der Waals surface area contributed by atoms with Gasteiger partial charge >= 0.3 is 0 Å². The Morgan fingerprint density at radius 1 is 1.15 bits per heavy atom. The predicted molar refractivity (Wildman–Crippen MR) is 93.0 cm³/mol. The van der Waals surface area contributed by atoms with E-state index in [2.05, 4.69) is 11.1 Å². The molecular weight excluding hydrogens is 516 g/mol. The van der Waals surface area contributed by atoms with Crippen molar-refractivity contribution >= 4 is 16.7 Å². The second-order valence-electron chi connectivity index (χ2n) is 5.34. The summed E-state index contributed by atoms with van der Waals surface area (Å²) in [6.45, 7) is 2.85. The van der Waals surface area contributed by atoms with Gasteiger partial charge in [0.1, 0.15) is 0 Å². The van der Waals surface area contributed by atoms with Gasteiger partial charge in [-0.2, -0.15) is 0 Å². The molecule has 1 radical (unpaired) electrons. The van der Waals surface area contributed by atoms with Crippen molar-refractivity contribution in [3.8, 4) is 11.1 Å². The minimum atomic E-state index is -0.710. The molecule has 3 aromatic rings. The number of fused-ring (bicyclic) bond motifs is 1. The third-order valence-electron chi connectivity index (χ3n) is 3.14. The number of aliphatic hydroxyl groups excluding tert-OH is 1. The summed E-state index contributed by atoms with van der Waals surface area (Å²) < 4.78 is 26.4. The van der Waals surface area contributed by atoms with Gasteiger partial charge in [-0.15, -0.1) is 17.7 Å². The second-order valence-corrected chi connectivity index (χ2v) is 5.34. The average Bonchev–Trinajstić information content (AvgIpc) is 2.52. The van der Waals surface area contributed by atoms with E-state index in [0.717, 1.165) is 11.5 Å². The molecule has 0 saturated heterocycles. The Morgan fingerprint density at radius 2 is 1.85 bits per heavy atom. The zero-order valence-corrected chi connectivity index (χ0v) is 16.5. The van der Waals surface area contributed by atoms with Crippen molar-refractivity contribution in [2.45, 2.75) is 13.8 Å². The van der Waals surface area contributed by atoms with Crippen LogP contribution in [-0.2, 0) is 24.9 Å².